The fourth-order valence-corrected chi connectivity index (χ4v) is 2.04. The Morgan fingerprint density at radius 1 is 1.10 bits per heavy atom. The Balaban J connectivity index is 2.16. The molecule has 0 aliphatic rings. The monoisotopic (exact) mass is 297 g/mol. The van der Waals surface area contributed by atoms with Crippen molar-refractivity contribution in [2.45, 2.75) is 13.0 Å². The third-order valence-corrected chi connectivity index (χ3v) is 3.27. The number of rotatable bonds is 5. The molecule has 0 saturated carbocycles. The summed E-state index contributed by atoms with van der Waals surface area (Å²) in [6, 6.07) is 8.75. The van der Waals surface area contributed by atoms with Crippen molar-refractivity contribution in [2.24, 2.45) is 5.73 Å². The van der Waals surface area contributed by atoms with Crippen molar-refractivity contribution < 1.29 is 13.5 Å². The fourth-order valence-electron chi connectivity index (χ4n) is 1.86. The molecule has 5 heteroatoms. The van der Waals surface area contributed by atoms with Gasteiger partial charge >= 0.3 is 0 Å². The van der Waals surface area contributed by atoms with Crippen LogP contribution < -0.4 is 10.5 Å². The van der Waals surface area contributed by atoms with Crippen LogP contribution >= 0.6 is 11.6 Å². The normalized spacial score (nSPS) is 10.6. The summed E-state index contributed by atoms with van der Waals surface area (Å²) >= 11 is 5.85. The van der Waals surface area contributed by atoms with E-state index in [1.807, 2.05) is 0 Å². The fraction of sp³-hybridized carbons (Fsp3) is 0.200. The highest BCUT2D eigenvalue weighted by Gasteiger charge is 2.09. The Hall–Kier alpha value is -1.65. The van der Waals surface area contributed by atoms with E-state index < -0.39 is 5.82 Å². The van der Waals surface area contributed by atoms with E-state index in [9.17, 15) is 8.78 Å². The van der Waals surface area contributed by atoms with Crippen LogP contribution in [0.5, 0.6) is 5.75 Å². The van der Waals surface area contributed by atoms with Crippen LogP contribution in [0.3, 0.4) is 0 Å². The molecule has 2 aromatic rings. The number of hydrogen-bond donors (Lipinski definition) is 1. The van der Waals surface area contributed by atoms with Crippen LogP contribution in [0.2, 0.25) is 5.02 Å². The van der Waals surface area contributed by atoms with Gasteiger partial charge in [0.05, 0.1) is 5.02 Å². The highest BCUT2D eigenvalue weighted by Crippen LogP contribution is 2.24. The maximum atomic E-state index is 13.3. The molecule has 0 spiro atoms. The molecule has 2 rings (SSSR count). The minimum Gasteiger partial charge on any atom is -0.489 e. The van der Waals surface area contributed by atoms with Crippen LogP contribution in [-0.4, -0.2) is 6.54 Å². The molecular weight excluding hydrogens is 284 g/mol. The minimum atomic E-state index is -0.492. The first-order valence-electron chi connectivity index (χ1n) is 6.16. The predicted octanol–water partition coefficient (Wildman–Crippen LogP) is 3.70. The molecule has 0 heterocycles. The standard InChI is InChI=1S/C15H14ClF2NO/c16-15-11(2-1-3-13(15)18)9-20-14-5-4-12(17)8-10(14)6-7-19/h1-5,8H,6-7,9,19H2. The summed E-state index contributed by atoms with van der Waals surface area (Å²) in [5.74, 6) is -0.309. The second-order valence-electron chi connectivity index (χ2n) is 4.29. The molecule has 0 aromatic heterocycles. The summed E-state index contributed by atoms with van der Waals surface area (Å²) in [6.45, 7) is 0.500. The quantitative estimate of drug-likeness (QED) is 0.913. The van der Waals surface area contributed by atoms with Crippen molar-refractivity contribution in [2.75, 3.05) is 6.54 Å². The maximum absolute atomic E-state index is 13.3. The topological polar surface area (TPSA) is 35.2 Å². The zero-order chi connectivity index (χ0) is 14.5. The molecule has 0 saturated heterocycles. The summed E-state index contributed by atoms with van der Waals surface area (Å²) in [5, 5.41) is 0.0370. The van der Waals surface area contributed by atoms with E-state index in [2.05, 4.69) is 0 Å². The lowest BCUT2D eigenvalue weighted by Gasteiger charge is -2.12. The molecule has 2 N–H and O–H groups in total. The van der Waals surface area contributed by atoms with Crippen molar-refractivity contribution >= 4 is 11.6 Å². The first-order chi connectivity index (χ1) is 9.61. The molecule has 0 bridgehead atoms. The first-order valence-corrected chi connectivity index (χ1v) is 6.54. The number of halogens is 3. The van der Waals surface area contributed by atoms with Gasteiger partial charge in [0.2, 0.25) is 0 Å². The molecule has 20 heavy (non-hydrogen) atoms. The van der Waals surface area contributed by atoms with Gasteiger partial charge in [-0.25, -0.2) is 8.78 Å². The van der Waals surface area contributed by atoms with E-state index in [1.165, 1.54) is 24.3 Å². The predicted molar refractivity (Wildman–Crippen MR) is 74.9 cm³/mol. The summed E-state index contributed by atoms with van der Waals surface area (Å²) in [6.07, 6.45) is 0.504. The number of ether oxygens (including phenoxy) is 1. The van der Waals surface area contributed by atoms with Gasteiger partial charge in [0.15, 0.2) is 0 Å². The molecule has 0 aliphatic carbocycles. The Labute approximate surface area is 121 Å². The summed E-state index contributed by atoms with van der Waals surface area (Å²) in [5.41, 5.74) is 6.70. The largest absolute Gasteiger partial charge is 0.489 e. The number of nitrogens with two attached hydrogens (primary N) is 1. The average molecular weight is 298 g/mol. The average Bonchev–Trinajstić information content (AvgIpc) is 2.42. The van der Waals surface area contributed by atoms with Gasteiger partial charge in [0.25, 0.3) is 0 Å². The lowest BCUT2D eigenvalue weighted by atomic mass is 10.1. The van der Waals surface area contributed by atoms with E-state index >= 15 is 0 Å². The molecule has 106 valence electrons. The molecule has 0 radical (unpaired) electrons. The third-order valence-electron chi connectivity index (χ3n) is 2.85. The van der Waals surface area contributed by atoms with Crippen LogP contribution in [0.25, 0.3) is 0 Å². The smallest absolute Gasteiger partial charge is 0.142 e. The molecule has 0 atom stereocenters. The van der Waals surface area contributed by atoms with Gasteiger partial charge in [0.1, 0.15) is 24.0 Å². The Bertz CT molecular complexity index is 604. The molecule has 2 aromatic carbocycles. The molecule has 0 unspecified atom stereocenters. The van der Waals surface area contributed by atoms with Gasteiger partial charge in [-0.15, -0.1) is 0 Å². The van der Waals surface area contributed by atoms with Crippen LogP contribution in [0.15, 0.2) is 36.4 Å². The Morgan fingerprint density at radius 2 is 1.90 bits per heavy atom. The lowest BCUT2D eigenvalue weighted by Crippen LogP contribution is -2.06. The van der Waals surface area contributed by atoms with E-state index in [1.54, 1.807) is 12.1 Å². The number of benzene rings is 2. The molecule has 0 amide bonds. The van der Waals surface area contributed by atoms with Crippen LogP contribution in [0.1, 0.15) is 11.1 Å². The van der Waals surface area contributed by atoms with Gasteiger partial charge in [-0.3, -0.25) is 0 Å². The van der Waals surface area contributed by atoms with E-state index in [-0.39, 0.29) is 17.4 Å². The van der Waals surface area contributed by atoms with Gasteiger partial charge in [-0.05, 0) is 42.8 Å². The molecule has 2 nitrogen and oxygen atoms in total. The molecular formula is C15H14ClF2NO. The van der Waals surface area contributed by atoms with Crippen molar-refractivity contribution in [3.05, 3.63) is 64.2 Å². The van der Waals surface area contributed by atoms with Crippen LogP contribution in [-0.2, 0) is 13.0 Å². The van der Waals surface area contributed by atoms with Gasteiger partial charge in [0, 0.05) is 5.56 Å². The van der Waals surface area contributed by atoms with Crippen LogP contribution in [0, 0.1) is 11.6 Å². The summed E-state index contributed by atoms with van der Waals surface area (Å²) < 4.78 is 32.1. The van der Waals surface area contributed by atoms with Crippen molar-refractivity contribution in [3.63, 3.8) is 0 Å². The zero-order valence-corrected chi connectivity index (χ0v) is 11.5. The summed E-state index contributed by atoms with van der Waals surface area (Å²) in [4.78, 5) is 0. The highest BCUT2D eigenvalue weighted by molar-refractivity contribution is 6.31. The minimum absolute atomic E-state index is 0.0370. The third kappa shape index (κ3) is 3.46. The van der Waals surface area contributed by atoms with E-state index in [4.69, 9.17) is 22.1 Å². The van der Waals surface area contributed by atoms with Gasteiger partial charge < -0.3 is 10.5 Å². The van der Waals surface area contributed by atoms with Gasteiger partial charge in [-0.2, -0.15) is 0 Å². The Morgan fingerprint density at radius 3 is 2.65 bits per heavy atom. The first kappa shape index (κ1) is 14.8. The van der Waals surface area contributed by atoms with Gasteiger partial charge in [-0.1, -0.05) is 23.7 Å². The van der Waals surface area contributed by atoms with Crippen molar-refractivity contribution in [3.8, 4) is 5.75 Å². The molecule has 0 aliphatic heterocycles. The van der Waals surface area contributed by atoms with Crippen molar-refractivity contribution in [1.29, 1.82) is 0 Å². The second-order valence-corrected chi connectivity index (χ2v) is 4.67. The highest BCUT2D eigenvalue weighted by atomic mass is 35.5. The Kier molecular flexibility index (Phi) is 4.93. The zero-order valence-electron chi connectivity index (χ0n) is 10.7. The maximum Gasteiger partial charge on any atom is 0.142 e. The van der Waals surface area contributed by atoms with E-state index in [0.717, 1.165) is 0 Å². The summed E-state index contributed by atoms with van der Waals surface area (Å²) in [7, 11) is 0. The second kappa shape index (κ2) is 6.68. The van der Waals surface area contributed by atoms with Crippen LogP contribution in [0.4, 0.5) is 8.78 Å². The van der Waals surface area contributed by atoms with E-state index in [0.29, 0.717) is 29.8 Å². The van der Waals surface area contributed by atoms with Crippen molar-refractivity contribution in [1.82, 2.24) is 0 Å². The molecule has 0 fully saturated rings. The SMILES string of the molecule is NCCc1cc(F)ccc1OCc1cccc(F)c1Cl. The lowest BCUT2D eigenvalue weighted by molar-refractivity contribution is 0.302. The number of hydrogen-bond acceptors (Lipinski definition) is 2.